The molecule has 9 heteroatoms. The Hall–Kier alpha value is -4.53. The third-order valence-corrected chi connectivity index (χ3v) is 7.18. The quantitative estimate of drug-likeness (QED) is 0.370. The lowest BCUT2D eigenvalue weighted by atomic mass is 9.96. The fraction of sp³-hybridized carbons (Fsp3) is 0.241. The van der Waals surface area contributed by atoms with Gasteiger partial charge in [-0.15, -0.1) is 0 Å². The Kier molecular flexibility index (Phi) is 5.71. The number of carbonyl (C=O) groups excluding carboxylic acids is 2. The molecule has 1 N–H and O–H groups in total. The summed E-state index contributed by atoms with van der Waals surface area (Å²) in [6.45, 7) is 4.38. The van der Waals surface area contributed by atoms with E-state index in [1.165, 1.54) is 4.90 Å². The van der Waals surface area contributed by atoms with Crippen molar-refractivity contribution in [3.63, 3.8) is 0 Å². The molecule has 0 saturated carbocycles. The summed E-state index contributed by atoms with van der Waals surface area (Å²) in [6.07, 6.45) is 0.766. The molecule has 2 aromatic carbocycles. The van der Waals surface area contributed by atoms with E-state index in [2.05, 4.69) is 20.0 Å². The number of carbonyl (C=O) groups is 2. The Morgan fingerprint density at radius 2 is 1.92 bits per heavy atom. The molecule has 0 radical (unpaired) electrons. The minimum absolute atomic E-state index is 0.0998. The monoisotopic (exact) mass is 511 g/mol. The number of benzene rings is 2. The van der Waals surface area contributed by atoms with Crippen LogP contribution in [0.5, 0.6) is 0 Å². The number of amides is 2. The standard InChI is InChI=1S/C29H26FN5O3/c1-16-26(17(2)38-33-16)19-11-23(28(36)31-3)27-22-10-18(29(37)34-13-20(30)14-34)7-8-24(22)35(25(27)12-19)15-21-6-4-5-9-32-21/h4-12,20H,13-15H2,1-3H3,(H,31,36). The van der Waals surface area contributed by atoms with Crippen LogP contribution in [0.1, 0.15) is 37.9 Å². The van der Waals surface area contributed by atoms with Gasteiger partial charge in [0.05, 0.1) is 36.5 Å². The summed E-state index contributed by atoms with van der Waals surface area (Å²) in [5.41, 5.74) is 5.83. The molecule has 8 nitrogen and oxygen atoms in total. The number of nitrogens with zero attached hydrogens (tertiary/aromatic N) is 4. The zero-order valence-electron chi connectivity index (χ0n) is 21.3. The molecule has 0 bridgehead atoms. The number of pyridine rings is 1. The first-order chi connectivity index (χ1) is 18.4. The van der Waals surface area contributed by atoms with Crippen molar-refractivity contribution in [2.45, 2.75) is 26.6 Å². The minimum Gasteiger partial charge on any atom is -0.361 e. The number of fused-ring (bicyclic) bond motifs is 3. The van der Waals surface area contributed by atoms with Crippen molar-refractivity contribution in [3.8, 4) is 11.1 Å². The lowest BCUT2D eigenvalue weighted by Crippen LogP contribution is -2.51. The van der Waals surface area contributed by atoms with E-state index in [1.54, 1.807) is 19.3 Å². The van der Waals surface area contributed by atoms with Crippen LogP contribution in [-0.2, 0) is 6.54 Å². The third-order valence-electron chi connectivity index (χ3n) is 7.18. The molecular weight excluding hydrogens is 485 g/mol. The van der Waals surface area contributed by atoms with Gasteiger partial charge in [-0.25, -0.2) is 4.39 Å². The van der Waals surface area contributed by atoms with Gasteiger partial charge in [0.1, 0.15) is 11.9 Å². The highest BCUT2D eigenvalue weighted by atomic mass is 19.1. The van der Waals surface area contributed by atoms with Gasteiger partial charge in [-0.3, -0.25) is 14.6 Å². The summed E-state index contributed by atoms with van der Waals surface area (Å²) in [5.74, 6) is 0.186. The second kappa shape index (κ2) is 9.09. The number of hydrogen-bond acceptors (Lipinski definition) is 5. The summed E-state index contributed by atoms with van der Waals surface area (Å²) in [7, 11) is 1.59. The summed E-state index contributed by atoms with van der Waals surface area (Å²) in [6, 6.07) is 15.1. The molecule has 192 valence electrons. The van der Waals surface area contributed by atoms with Gasteiger partial charge in [0.15, 0.2) is 0 Å². The first-order valence-corrected chi connectivity index (χ1v) is 12.4. The van der Waals surface area contributed by atoms with Gasteiger partial charge in [0.2, 0.25) is 0 Å². The van der Waals surface area contributed by atoms with Crippen LogP contribution in [0.4, 0.5) is 4.39 Å². The first kappa shape index (κ1) is 23.8. The molecule has 0 unspecified atom stereocenters. The molecule has 1 aliphatic rings. The lowest BCUT2D eigenvalue weighted by Gasteiger charge is -2.34. The average Bonchev–Trinajstić information content (AvgIpc) is 3.41. The summed E-state index contributed by atoms with van der Waals surface area (Å²) >= 11 is 0. The first-order valence-electron chi connectivity index (χ1n) is 12.4. The van der Waals surface area contributed by atoms with E-state index in [4.69, 9.17) is 4.52 Å². The zero-order valence-corrected chi connectivity index (χ0v) is 21.3. The number of hydrogen-bond donors (Lipinski definition) is 1. The van der Waals surface area contributed by atoms with Crippen LogP contribution in [0.2, 0.25) is 0 Å². The molecule has 3 aromatic heterocycles. The Morgan fingerprint density at radius 1 is 1.11 bits per heavy atom. The Morgan fingerprint density at radius 3 is 2.58 bits per heavy atom. The normalized spacial score (nSPS) is 13.7. The molecule has 0 spiro atoms. The zero-order chi connectivity index (χ0) is 26.6. The van der Waals surface area contributed by atoms with Gasteiger partial charge in [-0.2, -0.15) is 0 Å². The highest BCUT2D eigenvalue weighted by Gasteiger charge is 2.31. The molecule has 4 heterocycles. The van der Waals surface area contributed by atoms with E-state index < -0.39 is 6.17 Å². The Labute approximate surface area is 218 Å². The fourth-order valence-electron chi connectivity index (χ4n) is 5.31. The van der Waals surface area contributed by atoms with Crippen molar-refractivity contribution in [2.75, 3.05) is 20.1 Å². The van der Waals surface area contributed by atoms with E-state index in [1.807, 2.05) is 56.3 Å². The van der Waals surface area contributed by atoms with E-state index in [0.717, 1.165) is 44.3 Å². The van der Waals surface area contributed by atoms with Crippen molar-refractivity contribution in [3.05, 3.63) is 83.0 Å². The SMILES string of the molecule is CNC(=O)c1cc(-c2c(C)noc2C)cc2c1c1cc(C(=O)N3CC(F)C3)ccc1n2Cc1ccccn1. The molecule has 1 saturated heterocycles. The van der Waals surface area contributed by atoms with Crippen LogP contribution in [-0.4, -0.2) is 57.7 Å². The molecule has 0 aliphatic carbocycles. The van der Waals surface area contributed by atoms with Gasteiger partial charge >= 0.3 is 0 Å². The molecular formula is C29H26FN5O3. The maximum absolute atomic E-state index is 13.4. The largest absolute Gasteiger partial charge is 0.361 e. The van der Waals surface area contributed by atoms with Crippen LogP contribution in [0.25, 0.3) is 32.9 Å². The number of aromatic nitrogens is 3. The van der Waals surface area contributed by atoms with Crippen molar-refractivity contribution >= 4 is 33.6 Å². The molecule has 38 heavy (non-hydrogen) atoms. The van der Waals surface area contributed by atoms with E-state index in [9.17, 15) is 14.0 Å². The molecule has 0 atom stereocenters. The van der Waals surface area contributed by atoms with Crippen molar-refractivity contribution < 1.29 is 18.5 Å². The second-order valence-corrected chi connectivity index (χ2v) is 9.64. The van der Waals surface area contributed by atoms with Gasteiger partial charge < -0.3 is 19.3 Å². The van der Waals surface area contributed by atoms with Gasteiger partial charge in [-0.1, -0.05) is 11.2 Å². The van der Waals surface area contributed by atoms with Crippen LogP contribution in [0.15, 0.2) is 59.3 Å². The topological polar surface area (TPSA) is 93.3 Å². The fourth-order valence-corrected chi connectivity index (χ4v) is 5.31. The number of aryl methyl sites for hydroxylation is 2. The molecule has 1 fully saturated rings. The van der Waals surface area contributed by atoms with Gasteiger partial charge in [0.25, 0.3) is 11.8 Å². The highest BCUT2D eigenvalue weighted by Crippen LogP contribution is 2.38. The summed E-state index contributed by atoms with van der Waals surface area (Å²) in [5, 5.41) is 8.36. The smallest absolute Gasteiger partial charge is 0.254 e. The number of alkyl halides is 1. The van der Waals surface area contributed by atoms with Gasteiger partial charge in [-0.05, 0) is 61.9 Å². The Bertz CT molecular complexity index is 1700. The van der Waals surface area contributed by atoms with Crippen molar-refractivity contribution in [2.24, 2.45) is 0 Å². The van der Waals surface area contributed by atoms with E-state index in [-0.39, 0.29) is 24.9 Å². The van der Waals surface area contributed by atoms with Crippen LogP contribution >= 0.6 is 0 Å². The van der Waals surface area contributed by atoms with Crippen molar-refractivity contribution in [1.82, 2.24) is 24.9 Å². The molecule has 2 amide bonds. The predicted molar refractivity (Wildman–Crippen MR) is 142 cm³/mol. The minimum atomic E-state index is -0.981. The van der Waals surface area contributed by atoms with Gasteiger partial charge in [0, 0.05) is 46.2 Å². The van der Waals surface area contributed by atoms with Crippen molar-refractivity contribution in [1.29, 1.82) is 0 Å². The molecule has 6 rings (SSSR count). The van der Waals surface area contributed by atoms with Crippen LogP contribution in [0.3, 0.4) is 0 Å². The lowest BCUT2D eigenvalue weighted by molar-refractivity contribution is 0.0400. The predicted octanol–water partition coefficient (Wildman–Crippen LogP) is 4.66. The third kappa shape index (κ3) is 3.82. The second-order valence-electron chi connectivity index (χ2n) is 9.64. The summed E-state index contributed by atoms with van der Waals surface area (Å²) < 4.78 is 21.0. The number of rotatable bonds is 5. The Balaban J connectivity index is 1.65. The van der Waals surface area contributed by atoms with E-state index >= 15 is 0 Å². The van der Waals surface area contributed by atoms with E-state index in [0.29, 0.717) is 23.4 Å². The summed E-state index contributed by atoms with van der Waals surface area (Å²) in [4.78, 5) is 32.3. The number of nitrogens with one attached hydrogen (secondary N) is 1. The van der Waals surface area contributed by atoms with Crippen LogP contribution in [0, 0.1) is 13.8 Å². The van der Waals surface area contributed by atoms with Crippen LogP contribution < -0.4 is 5.32 Å². The molecule has 5 aromatic rings. The number of likely N-dealkylation sites (tertiary alicyclic amines) is 1. The highest BCUT2D eigenvalue weighted by molar-refractivity contribution is 6.20. The maximum Gasteiger partial charge on any atom is 0.254 e. The number of halogens is 1. The average molecular weight is 512 g/mol. The molecule has 1 aliphatic heterocycles. The maximum atomic E-state index is 13.4.